The predicted molar refractivity (Wildman–Crippen MR) is 74.1 cm³/mol. The number of nitrogens with zero attached hydrogens (tertiary/aromatic N) is 2. The van der Waals surface area contributed by atoms with Crippen molar-refractivity contribution < 1.29 is 0 Å². The Morgan fingerprint density at radius 1 is 1.06 bits per heavy atom. The first-order valence-electron chi connectivity index (χ1n) is 7.18. The van der Waals surface area contributed by atoms with Gasteiger partial charge in [0, 0.05) is 0 Å². The van der Waals surface area contributed by atoms with Gasteiger partial charge in [0.25, 0.3) is 0 Å². The van der Waals surface area contributed by atoms with E-state index in [0.717, 1.165) is 11.8 Å². The highest BCUT2D eigenvalue weighted by atomic mass is 15.1. The van der Waals surface area contributed by atoms with E-state index in [2.05, 4.69) is 37.9 Å². The van der Waals surface area contributed by atoms with Gasteiger partial charge in [-0.15, -0.1) is 0 Å². The van der Waals surface area contributed by atoms with Crippen LogP contribution in [-0.4, -0.2) is 6.04 Å². The molecule has 0 saturated heterocycles. The molecular formula is C15H28N2. The lowest BCUT2D eigenvalue weighted by molar-refractivity contribution is 0.504. The van der Waals surface area contributed by atoms with Crippen molar-refractivity contribution in [1.82, 2.24) is 0 Å². The second-order valence-electron chi connectivity index (χ2n) is 6.06. The summed E-state index contributed by atoms with van der Waals surface area (Å²) in [5.41, 5.74) is 1.47. The standard InChI is InChI=1S/C15H28N2/c1-12(2)7-5-6-8-14-11-16-17-15(14)10-9-13(3)4/h11-13,15H,5-10H2,1-4H3. The highest BCUT2D eigenvalue weighted by molar-refractivity contribution is 5.13. The maximum absolute atomic E-state index is 4.34. The lowest BCUT2D eigenvalue weighted by Crippen LogP contribution is -2.07. The van der Waals surface area contributed by atoms with Crippen LogP contribution in [0, 0.1) is 11.8 Å². The molecule has 1 atom stereocenters. The third-order valence-electron chi connectivity index (χ3n) is 3.37. The third-order valence-corrected chi connectivity index (χ3v) is 3.37. The van der Waals surface area contributed by atoms with Crippen LogP contribution in [-0.2, 0) is 0 Å². The minimum Gasteiger partial charge on any atom is -0.181 e. The van der Waals surface area contributed by atoms with Crippen molar-refractivity contribution in [2.24, 2.45) is 22.1 Å². The van der Waals surface area contributed by atoms with Crippen LogP contribution in [0.15, 0.2) is 22.0 Å². The Kier molecular flexibility index (Phi) is 6.46. The van der Waals surface area contributed by atoms with Gasteiger partial charge in [0.05, 0.1) is 12.2 Å². The fraction of sp³-hybridized carbons (Fsp3) is 0.867. The van der Waals surface area contributed by atoms with E-state index in [9.17, 15) is 0 Å². The molecule has 1 aliphatic rings. The largest absolute Gasteiger partial charge is 0.181 e. The Labute approximate surface area is 107 Å². The van der Waals surface area contributed by atoms with Crippen molar-refractivity contribution in [3.8, 4) is 0 Å². The van der Waals surface area contributed by atoms with Crippen LogP contribution in [0.2, 0.25) is 0 Å². The molecule has 0 saturated carbocycles. The molecule has 0 aromatic rings. The molecule has 0 amide bonds. The molecule has 0 radical (unpaired) electrons. The van der Waals surface area contributed by atoms with Crippen LogP contribution in [0.4, 0.5) is 0 Å². The van der Waals surface area contributed by atoms with Gasteiger partial charge in [-0.05, 0) is 43.1 Å². The van der Waals surface area contributed by atoms with Crippen molar-refractivity contribution in [2.75, 3.05) is 0 Å². The highest BCUT2D eigenvalue weighted by Crippen LogP contribution is 2.26. The lowest BCUT2D eigenvalue weighted by Gasteiger charge is -2.13. The maximum Gasteiger partial charge on any atom is 0.0940 e. The number of azo groups is 1. The maximum atomic E-state index is 4.34. The van der Waals surface area contributed by atoms with Gasteiger partial charge in [-0.3, -0.25) is 0 Å². The van der Waals surface area contributed by atoms with E-state index in [4.69, 9.17) is 0 Å². The van der Waals surface area contributed by atoms with Gasteiger partial charge in [-0.1, -0.05) is 40.5 Å². The molecule has 1 rings (SSSR count). The van der Waals surface area contributed by atoms with E-state index in [0.29, 0.717) is 6.04 Å². The molecule has 0 fully saturated rings. The van der Waals surface area contributed by atoms with Gasteiger partial charge in [-0.25, -0.2) is 0 Å². The van der Waals surface area contributed by atoms with E-state index in [1.165, 1.54) is 44.1 Å². The monoisotopic (exact) mass is 236 g/mol. The van der Waals surface area contributed by atoms with E-state index in [1.807, 2.05) is 6.20 Å². The van der Waals surface area contributed by atoms with Crippen LogP contribution in [0.5, 0.6) is 0 Å². The van der Waals surface area contributed by atoms with Gasteiger partial charge in [0.2, 0.25) is 0 Å². The van der Waals surface area contributed by atoms with E-state index in [-0.39, 0.29) is 0 Å². The van der Waals surface area contributed by atoms with E-state index >= 15 is 0 Å². The Hall–Kier alpha value is -0.660. The second kappa shape index (κ2) is 7.62. The molecule has 1 aliphatic heterocycles. The van der Waals surface area contributed by atoms with Crippen molar-refractivity contribution in [1.29, 1.82) is 0 Å². The number of hydrogen-bond donors (Lipinski definition) is 0. The molecule has 1 unspecified atom stereocenters. The summed E-state index contributed by atoms with van der Waals surface area (Å²) in [6, 6.07) is 0.399. The summed E-state index contributed by atoms with van der Waals surface area (Å²) in [4.78, 5) is 0. The average molecular weight is 236 g/mol. The Morgan fingerprint density at radius 3 is 2.41 bits per heavy atom. The van der Waals surface area contributed by atoms with Gasteiger partial charge >= 0.3 is 0 Å². The zero-order valence-corrected chi connectivity index (χ0v) is 11.9. The zero-order chi connectivity index (χ0) is 12.7. The first kappa shape index (κ1) is 14.4. The number of hydrogen-bond acceptors (Lipinski definition) is 2. The molecule has 2 nitrogen and oxygen atoms in total. The summed E-state index contributed by atoms with van der Waals surface area (Å²) < 4.78 is 0. The van der Waals surface area contributed by atoms with Crippen molar-refractivity contribution in [3.05, 3.63) is 11.8 Å². The average Bonchev–Trinajstić information content (AvgIpc) is 2.68. The highest BCUT2D eigenvalue weighted by Gasteiger charge is 2.17. The van der Waals surface area contributed by atoms with Crippen LogP contribution in [0.1, 0.15) is 66.2 Å². The Bertz CT molecular complexity index is 264. The van der Waals surface area contributed by atoms with E-state index in [1.54, 1.807) is 0 Å². The van der Waals surface area contributed by atoms with Crippen LogP contribution in [0.3, 0.4) is 0 Å². The van der Waals surface area contributed by atoms with Crippen molar-refractivity contribution in [2.45, 2.75) is 72.3 Å². The minimum atomic E-state index is 0.399. The second-order valence-corrected chi connectivity index (χ2v) is 6.06. The smallest absolute Gasteiger partial charge is 0.0940 e. The van der Waals surface area contributed by atoms with Crippen molar-refractivity contribution >= 4 is 0 Å². The molecule has 98 valence electrons. The summed E-state index contributed by atoms with van der Waals surface area (Å²) >= 11 is 0. The first-order chi connectivity index (χ1) is 8.09. The summed E-state index contributed by atoms with van der Waals surface area (Å²) in [5.74, 6) is 1.60. The van der Waals surface area contributed by atoms with Crippen LogP contribution in [0.25, 0.3) is 0 Å². The Morgan fingerprint density at radius 2 is 1.76 bits per heavy atom. The van der Waals surface area contributed by atoms with E-state index < -0.39 is 0 Å². The lowest BCUT2D eigenvalue weighted by atomic mass is 9.95. The normalized spacial score (nSPS) is 19.4. The number of rotatable bonds is 8. The topological polar surface area (TPSA) is 24.7 Å². The molecule has 0 spiro atoms. The molecule has 17 heavy (non-hydrogen) atoms. The Balaban J connectivity index is 2.19. The van der Waals surface area contributed by atoms with Crippen LogP contribution >= 0.6 is 0 Å². The van der Waals surface area contributed by atoms with Crippen molar-refractivity contribution in [3.63, 3.8) is 0 Å². The molecule has 2 heteroatoms. The third kappa shape index (κ3) is 5.99. The molecule has 1 heterocycles. The molecule has 0 bridgehead atoms. The summed E-state index contributed by atoms with van der Waals surface area (Å²) in [5, 5.41) is 8.44. The fourth-order valence-electron chi connectivity index (χ4n) is 2.20. The quantitative estimate of drug-likeness (QED) is 0.507. The van der Waals surface area contributed by atoms with Gasteiger partial charge < -0.3 is 0 Å². The zero-order valence-electron chi connectivity index (χ0n) is 11.9. The van der Waals surface area contributed by atoms with Gasteiger partial charge in [0.15, 0.2) is 0 Å². The molecular weight excluding hydrogens is 208 g/mol. The molecule has 0 aromatic carbocycles. The molecule has 0 aliphatic carbocycles. The fourth-order valence-corrected chi connectivity index (χ4v) is 2.20. The first-order valence-corrected chi connectivity index (χ1v) is 7.18. The molecule has 0 N–H and O–H groups in total. The predicted octanol–water partition coefficient (Wildman–Crippen LogP) is 5.36. The van der Waals surface area contributed by atoms with Crippen LogP contribution < -0.4 is 0 Å². The number of unbranched alkanes of at least 4 members (excludes halogenated alkanes) is 1. The SMILES string of the molecule is CC(C)CCCCC1=CN=NC1CCC(C)C. The summed E-state index contributed by atoms with van der Waals surface area (Å²) in [6.07, 6.45) is 9.62. The molecule has 0 aromatic heterocycles. The van der Waals surface area contributed by atoms with Gasteiger partial charge in [-0.2, -0.15) is 10.2 Å². The summed E-state index contributed by atoms with van der Waals surface area (Å²) in [7, 11) is 0. The van der Waals surface area contributed by atoms with Gasteiger partial charge in [0.1, 0.15) is 0 Å². The summed E-state index contributed by atoms with van der Waals surface area (Å²) in [6.45, 7) is 9.14. The minimum absolute atomic E-state index is 0.399.